The van der Waals surface area contributed by atoms with Gasteiger partial charge in [0.1, 0.15) is 11.0 Å². The topological polar surface area (TPSA) is 58.6 Å². The molecule has 0 spiro atoms. The molecule has 29 heavy (non-hydrogen) atoms. The molecule has 5 nitrogen and oxygen atoms in total. The molecule has 7 heteroatoms. The number of fused-ring (bicyclic) bond motifs is 1. The van der Waals surface area contributed by atoms with Crippen molar-refractivity contribution in [3.8, 4) is 0 Å². The van der Waals surface area contributed by atoms with E-state index in [0.717, 1.165) is 36.1 Å². The maximum Gasteiger partial charge on any atom is 0.350 e. The van der Waals surface area contributed by atoms with Crippen LogP contribution in [0.15, 0.2) is 24.3 Å². The van der Waals surface area contributed by atoms with Gasteiger partial charge in [0.05, 0.1) is 17.9 Å². The van der Waals surface area contributed by atoms with Crippen LogP contribution in [0.4, 0.5) is 5.69 Å². The molecule has 1 N–H and O–H groups in total. The predicted octanol–water partition coefficient (Wildman–Crippen LogP) is 5.79. The first kappa shape index (κ1) is 20.2. The summed E-state index contributed by atoms with van der Waals surface area (Å²) in [4.78, 5) is 29.5. The van der Waals surface area contributed by atoms with Gasteiger partial charge in [-0.25, -0.2) is 4.79 Å². The molecule has 2 aromatic rings. The highest BCUT2D eigenvalue weighted by atomic mass is 35.5. The van der Waals surface area contributed by atoms with Crippen LogP contribution in [0.2, 0.25) is 5.02 Å². The molecule has 2 heterocycles. The highest BCUT2D eigenvalue weighted by Gasteiger charge is 2.41. The first-order valence-corrected chi connectivity index (χ1v) is 11.4. The number of nitrogens with zero attached hydrogens (tertiary/aromatic N) is 1. The second kappa shape index (κ2) is 8.36. The Balaban J connectivity index is 1.80. The van der Waals surface area contributed by atoms with Crippen molar-refractivity contribution in [2.45, 2.75) is 58.2 Å². The molecular formula is C22H25ClN2O3S. The lowest BCUT2D eigenvalue weighted by atomic mass is 9.91. The maximum absolute atomic E-state index is 13.7. The van der Waals surface area contributed by atoms with Crippen molar-refractivity contribution in [1.82, 2.24) is 4.90 Å². The summed E-state index contributed by atoms with van der Waals surface area (Å²) in [5.41, 5.74) is 2.16. The first-order valence-electron chi connectivity index (χ1n) is 10.2. The zero-order valence-corrected chi connectivity index (χ0v) is 18.2. The summed E-state index contributed by atoms with van der Waals surface area (Å²) >= 11 is 7.41. The molecule has 4 rings (SSSR count). The second-order valence-corrected chi connectivity index (χ2v) is 9.22. The number of halogens is 1. The standard InChI is InChI=1S/C22H25ClN2O3S/c1-3-28-22(27)19-18-17(13(2)29-19)21(26)25(16-7-5-4-6-8-16)20(24-18)14-9-11-15(23)12-10-14/h9-12,16,20,24H,3-8H2,1-2H3/t20-/m1/s1. The van der Waals surface area contributed by atoms with Gasteiger partial charge in [-0.2, -0.15) is 0 Å². The number of hydrogen-bond acceptors (Lipinski definition) is 5. The summed E-state index contributed by atoms with van der Waals surface area (Å²) in [6.07, 6.45) is 5.14. The number of hydrogen-bond donors (Lipinski definition) is 1. The fourth-order valence-electron chi connectivity index (χ4n) is 4.36. The fourth-order valence-corrected chi connectivity index (χ4v) is 5.49. The lowest BCUT2D eigenvalue weighted by Crippen LogP contribution is -2.49. The van der Waals surface area contributed by atoms with E-state index >= 15 is 0 Å². The summed E-state index contributed by atoms with van der Waals surface area (Å²) in [6, 6.07) is 7.74. The van der Waals surface area contributed by atoms with Gasteiger partial charge < -0.3 is 15.0 Å². The monoisotopic (exact) mass is 432 g/mol. The van der Waals surface area contributed by atoms with Gasteiger partial charge in [0.25, 0.3) is 5.91 Å². The number of carbonyl (C=O) groups excluding carboxylic acids is 2. The minimum atomic E-state index is -0.386. The lowest BCUT2D eigenvalue weighted by Gasteiger charge is -2.43. The third kappa shape index (κ3) is 3.76. The summed E-state index contributed by atoms with van der Waals surface area (Å²) in [5.74, 6) is -0.391. The SMILES string of the molecule is CCOC(=O)c1sc(C)c2c1N[C@@H](c1ccc(Cl)cc1)N(C1CCCCC1)C2=O. The molecular weight excluding hydrogens is 408 g/mol. The minimum absolute atomic E-state index is 0.00472. The highest BCUT2D eigenvalue weighted by molar-refractivity contribution is 7.15. The normalized spacial score (nSPS) is 19.6. The van der Waals surface area contributed by atoms with Crippen LogP contribution in [0.5, 0.6) is 0 Å². The van der Waals surface area contributed by atoms with E-state index in [9.17, 15) is 9.59 Å². The van der Waals surface area contributed by atoms with Crippen LogP contribution in [0, 0.1) is 6.92 Å². The number of rotatable bonds is 4. The molecule has 1 aromatic carbocycles. The Bertz CT molecular complexity index is 919. The van der Waals surface area contributed by atoms with Gasteiger partial charge in [0.2, 0.25) is 0 Å². The number of ether oxygens (including phenoxy) is 1. The van der Waals surface area contributed by atoms with Crippen molar-refractivity contribution >= 4 is 40.5 Å². The third-order valence-electron chi connectivity index (χ3n) is 5.71. The van der Waals surface area contributed by atoms with E-state index in [0.29, 0.717) is 27.8 Å². The Morgan fingerprint density at radius 2 is 1.93 bits per heavy atom. The lowest BCUT2D eigenvalue weighted by molar-refractivity contribution is 0.0519. The molecule has 1 atom stereocenters. The zero-order valence-electron chi connectivity index (χ0n) is 16.7. The molecule has 1 fully saturated rings. The predicted molar refractivity (Wildman–Crippen MR) is 116 cm³/mol. The van der Waals surface area contributed by atoms with Crippen molar-refractivity contribution < 1.29 is 14.3 Å². The van der Waals surface area contributed by atoms with Crippen molar-refractivity contribution in [2.24, 2.45) is 0 Å². The molecule has 0 saturated heterocycles. The van der Waals surface area contributed by atoms with Crippen LogP contribution in [0.3, 0.4) is 0 Å². The minimum Gasteiger partial charge on any atom is -0.462 e. The average molecular weight is 433 g/mol. The van der Waals surface area contributed by atoms with E-state index in [2.05, 4.69) is 5.32 Å². The van der Waals surface area contributed by atoms with Gasteiger partial charge in [-0.15, -0.1) is 11.3 Å². The molecule has 1 amide bonds. The largest absolute Gasteiger partial charge is 0.462 e. The van der Waals surface area contributed by atoms with E-state index in [4.69, 9.17) is 16.3 Å². The van der Waals surface area contributed by atoms with E-state index in [1.54, 1.807) is 6.92 Å². The number of anilines is 1. The number of esters is 1. The van der Waals surface area contributed by atoms with E-state index < -0.39 is 0 Å². The first-order chi connectivity index (χ1) is 14.0. The Morgan fingerprint density at radius 3 is 2.59 bits per heavy atom. The highest BCUT2D eigenvalue weighted by Crippen LogP contribution is 2.44. The smallest absolute Gasteiger partial charge is 0.350 e. The molecule has 1 saturated carbocycles. The number of thiophene rings is 1. The molecule has 0 unspecified atom stereocenters. The van der Waals surface area contributed by atoms with E-state index in [1.165, 1.54) is 17.8 Å². The fraction of sp³-hybridized carbons (Fsp3) is 0.455. The van der Waals surface area contributed by atoms with Crippen molar-refractivity contribution in [3.63, 3.8) is 0 Å². The zero-order chi connectivity index (χ0) is 20.5. The Morgan fingerprint density at radius 1 is 1.24 bits per heavy atom. The van der Waals surface area contributed by atoms with Crippen molar-refractivity contribution in [1.29, 1.82) is 0 Å². The van der Waals surface area contributed by atoms with Crippen LogP contribution >= 0.6 is 22.9 Å². The van der Waals surface area contributed by atoms with Gasteiger partial charge >= 0.3 is 5.97 Å². The summed E-state index contributed by atoms with van der Waals surface area (Å²) in [7, 11) is 0. The summed E-state index contributed by atoms with van der Waals surface area (Å²) in [5, 5.41) is 4.16. The van der Waals surface area contributed by atoms with Gasteiger partial charge in [-0.3, -0.25) is 4.79 Å². The Hall–Kier alpha value is -2.05. The van der Waals surface area contributed by atoms with E-state index in [-0.39, 0.29) is 24.1 Å². The number of nitrogens with one attached hydrogen (secondary N) is 1. The van der Waals surface area contributed by atoms with Gasteiger partial charge in [-0.05, 0) is 44.4 Å². The molecule has 0 bridgehead atoms. The summed E-state index contributed by atoms with van der Waals surface area (Å²) in [6.45, 7) is 3.98. The van der Waals surface area contributed by atoms with Gasteiger partial charge in [-0.1, -0.05) is 43.0 Å². The molecule has 1 aliphatic heterocycles. The Kier molecular flexibility index (Phi) is 5.83. The van der Waals surface area contributed by atoms with Gasteiger partial charge in [0, 0.05) is 15.9 Å². The van der Waals surface area contributed by atoms with Crippen molar-refractivity contribution in [2.75, 3.05) is 11.9 Å². The third-order valence-corrected chi connectivity index (χ3v) is 7.04. The molecule has 1 aromatic heterocycles. The molecule has 0 radical (unpaired) electrons. The number of carbonyl (C=O) groups is 2. The number of benzene rings is 1. The number of amides is 1. The van der Waals surface area contributed by atoms with Crippen LogP contribution < -0.4 is 5.32 Å². The molecule has 154 valence electrons. The second-order valence-electron chi connectivity index (χ2n) is 7.56. The van der Waals surface area contributed by atoms with E-state index in [1.807, 2.05) is 36.1 Å². The van der Waals surface area contributed by atoms with Crippen LogP contribution in [-0.4, -0.2) is 29.4 Å². The maximum atomic E-state index is 13.7. The Labute approximate surface area is 180 Å². The molecule has 1 aliphatic carbocycles. The molecule has 2 aliphatic rings. The summed E-state index contributed by atoms with van der Waals surface area (Å²) < 4.78 is 5.23. The van der Waals surface area contributed by atoms with Crippen LogP contribution in [-0.2, 0) is 4.74 Å². The average Bonchev–Trinajstić information content (AvgIpc) is 3.06. The van der Waals surface area contributed by atoms with Crippen LogP contribution in [0.25, 0.3) is 0 Å². The van der Waals surface area contributed by atoms with Crippen LogP contribution in [0.1, 0.15) is 75.7 Å². The van der Waals surface area contributed by atoms with Crippen molar-refractivity contribution in [3.05, 3.63) is 50.2 Å². The quantitative estimate of drug-likeness (QED) is 0.621. The van der Waals surface area contributed by atoms with Gasteiger partial charge in [0.15, 0.2) is 0 Å². The number of aryl methyl sites for hydroxylation is 1.